The first-order chi connectivity index (χ1) is 12.3. The summed E-state index contributed by atoms with van der Waals surface area (Å²) in [4.78, 5) is 20.6. The fourth-order valence-electron chi connectivity index (χ4n) is 3.93. The molecule has 3 aromatic rings. The summed E-state index contributed by atoms with van der Waals surface area (Å²) in [6, 6.07) is 15.9. The summed E-state index contributed by atoms with van der Waals surface area (Å²) in [7, 11) is 0. The van der Waals surface area contributed by atoms with E-state index in [1.54, 1.807) is 0 Å². The minimum Gasteiger partial charge on any atom is -0.454 e. The minimum atomic E-state index is -0.475. The van der Waals surface area contributed by atoms with Crippen molar-refractivity contribution in [2.75, 3.05) is 0 Å². The van der Waals surface area contributed by atoms with Crippen LogP contribution in [0.2, 0.25) is 0 Å². The van der Waals surface area contributed by atoms with Crippen molar-refractivity contribution in [2.45, 2.75) is 31.4 Å². The number of benzene rings is 2. The molecule has 0 spiro atoms. The molecule has 0 saturated carbocycles. The molecule has 0 fully saturated rings. The van der Waals surface area contributed by atoms with Gasteiger partial charge in [0.05, 0.1) is 5.71 Å². The molecular weight excluding hydrogens is 312 g/mol. The Morgan fingerprint density at radius 3 is 2.92 bits per heavy atom. The lowest BCUT2D eigenvalue weighted by molar-refractivity contribution is -0.149. The highest BCUT2D eigenvalue weighted by Gasteiger charge is 2.36. The van der Waals surface area contributed by atoms with Crippen LogP contribution in [-0.2, 0) is 22.4 Å². The number of aliphatic imine (C=N–C) groups is 1. The highest BCUT2D eigenvalue weighted by atomic mass is 16.5. The van der Waals surface area contributed by atoms with E-state index in [-0.39, 0.29) is 12.1 Å². The molecule has 1 aliphatic carbocycles. The maximum atomic E-state index is 12.5. The van der Waals surface area contributed by atoms with Gasteiger partial charge in [-0.05, 0) is 30.0 Å². The van der Waals surface area contributed by atoms with Crippen LogP contribution in [0.15, 0.2) is 59.7 Å². The smallest absolute Gasteiger partial charge is 0.331 e. The van der Waals surface area contributed by atoms with Gasteiger partial charge in [0.2, 0.25) is 0 Å². The molecule has 2 aromatic carbocycles. The Bertz CT molecular complexity index is 1000. The Balaban J connectivity index is 1.53. The third-order valence-electron chi connectivity index (χ3n) is 5.19. The van der Waals surface area contributed by atoms with Crippen molar-refractivity contribution in [3.05, 3.63) is 71.4 Å². The second kappa shape index (κ2) is 5.59. The van der Waals surface area contributed by atoms with E-state index in [4.69, 9.17) is 9.73 Å². The van der Waals surface area contributed by atoms with E-state index < -0.39 is 6.04 Å². The van der Waals surface area contributed by atoms with Gasteiger partial charge in [0, 0.05) is 29.1 Å². The molecule has 0 amide bonds. The van der Waals surface area contributed by atoms with Crippen LogP contribution < -0.4 is 0 Å². The van der Waals surface area contributed by atoms with E-state index >= 15 is 0 Å². The third kappa shape index (κ3) is 2.37. The number of rotatable bonds is 2. The molecule has 25 heavy (non-hydrogen) atoms. The number of aryl methyl sites for hydroxylation is 1. The van der Waals surface area contributed by atoms with Gasteiger partial charge in [-0.1, -0.05) is 42.5 Å². The normalized spacial score (nSPS) is 22.1. The Labute approximate surface area is 145 Å². The predicted molar refractivity (Wildman–Crippen MR) is 97.0 cm³/mol. The number of H-pyrrole nitrogens is 1. The second-order valence-electron chi connectivity index (χ2n) is 6.72. The molecule has 0 saturated heterocycles. The molecule has 2 heterocycles. The number of nitrogens with zero attached hydrogens (tertiary/aromatic N) is 1. The number of hydrogen-bond acceptors (Lipinski definition) is 3. The number of nitrogens with one attached hydrogen (secondary N) is 1. The molecule has 2 aliphatic rings. The van der Waals surface area contributed by atoms with Crippen LogP contribution in [0.3, 0.4) is 0 Å². The zero-order valence-electron chi connectivity index (χ0n) is 13.7. The molecule has 1 N–H and O–H groups in total. The molecule has 5 rings (SSSR count). The lowest BCUT2D eigenvalue weighted by Crippen LogP contribution is -2.42. The number of para-hydroxylation sites is 1. The van der Waals surface area contributed by atoms with Crippen molar-refractivity contribution >= 4 is 22.6 Å². The zero-order chi connectivity index (χ0) is 16.8. The van der Waals surface area contributed by atoms with E-state index in [9.17, 15) is 4.79 Å². The largest absolute Gasteiger partial charge is 0.454 e. The first-order valence-corrected chi connectivity index (χ1v) is 8.71. The standard InChI is InChI=1S/C21H18N2O2/c24-21-18(11-14-12-22-17-8-4-3-6-15(14)17)23-20-16-7-2-1-5-13(16)9-10-19(20)25-21/h1-8,12,18-19,22H,9-11H2/t18-,19+/m0/s1. The van der Waals surface area contributed by atoms with E-state index in [1.165, 1.54) is 5.56 Å². The summed E-state index contributed by atoms with van der Waals surface area (Å²) in [6.45, 7) is 0. The van der Waals surface area contributed by atoms with E-state index in [0.717, 1.165) is 40.6 Å². The Hall–Kier alpha value is -2.88. The molecule has 4 nitrogen and oxygen atoms in total. The number of fused-ring (bicyclic) bond motifs is 4. The molecule has 2 atom stereocenters. The molecule has 1 aliphatic heterocycles. The van der Waals surface area contributed by atoms with Crippen LogP contribution in [0.25, 0.3) is 10.9 Å². The van der Waals surface area contributed by atoms with Crippen LogP contribution in [0, 0.1) is 0 Å². The van der Waals surface area contributed by atoms with Crippen molar-refractivity contribution in [1.29, 1.82) is 0 Å². The summed E-state index contributed by atoms with van der Waals surface area (Å²) < 4.78 is 5.74. The van der Waals surface area contributed by atoms with Gasteiger partial charge in [0.25, 0.3) is 0 Å². The van der Waals surface area contributed by atoms with E-state index in [0.29, 0.717) is 6.42 Å². The van der Waals surface area contributed by atoms with Crippen molar-refractivity contribution in [2.24, 2.45) is 4.99 Å². The highest BCUT2D eigenvalue weighted by molar-refractivity contribution is 6.09. The summed E-state index contributed by atoms with van der Waals surface area (Å²) in [5, 5.41) is 1.14. The molecule has 124 valence electrons. The average Bonchev–Trinajstić information content (AvgIpc) is 3.05. The monoisotopic (exact) mass is 330 g/mol. The van der Waals surface area contributed by atoms with Gasteiger partial charge in [-0.2, -0.15) is 0 Å². The SMILES string of the molecule is O=C1O[C@@H]2CCc3ccccc3C2=N[C@H]1Cc1c[nH]c2ccccc12. The molecule has 0 radical (unpaired) electrons. The van der Waals surface area contributed by atoms with Crippen LogP contribution >= 0.6 is 0 Å². The lowest BCUT2D eigenvalue weighted by atomic mass is 9.86. The molecule has 0 bridgehead atoms. The van der Waals surface area contributed by atoms with Crippen molar-refractivity contribution in [3.63, 3.8) is 0 Å². The molecule has 0 unspecified atom stereocenters. The van der Waals surface area contributed by atoms with Gasteiger partial charge in [0.15, 0.2) is 6.04 Å². The first kappa shape index (κ1) is 14.5. The Morgan fingerprint density at radius 2 is 1.96 bits per heavy atom. The Kier molecular flexibility index (Phi) is 3.23. The van der Waals surface area contributed by atoms with E-state index in [2.05, 4.69) is 29.2 Å². The number of carbonyl (C=O) groups excluding carboxylic acids is 1. The molecule has 4 heteroatoms. The number of ether oxygens (including phenoxy) is 1. The average molecular weight is 330 g/mol. The molecular formula is C21H18N2O2. The van der Waals surface area contributed by atoms with Gasteiger partial charge < -0.3 is 9.72 Å². The van der Waals surface area contributed by atoms with Crippen LogP contribution in [0.5, 0.6) is 0 Å². The van der Waals surface area contributed by atoms with Gasteiger partial charge in [0.1, 0.15) is 6.10 Å². The minimum absolute atomic E-state index is 0.193. The number of aromatic nitrogens is 1. The fraction of sp³-hybridized carbons (Fsp3) is 0.238. The number of carbonyl (C=O) groups is 1. The van der Waals surface area contributed by atoms with Crippen LogP contribution in [0.4, 0.5) is 0 Å². The first-order valence-electron chi connectivity index (χ1n) is 8.71. The third-order valence-corrected chi connectivity index (χ3v) is 5.19. The lowest BCUT2D eigenvalue weighted by Gasteiger charge is -2.32. The number of hydrogen-bond donors (Lipinski definition) is 1. The highest BCUT2D eigenvalue weighted by Crippen LogP contribution is 2.29. The quantitative estimate of drug-likeness (QED) is 0.732. The van der Waals surface area contributed by atoms with Crippen LogP contribution in [0.1, 0.15) is 23.1 Å². The number of aromatic amines is 1. The van der Waals surface area contributed by atoms with Gasteiger partial charge >= 0.3 is 5.97 Å². The van der Waals surface area contributed by atoms with Crippen molar-refractivity contribution in [1.82, 2.24) is 4.98 Å². The topological polar surface area (TPSA) is 54.4 Å². The van der Waals surface area contributed by atoms with Gasteiger partial charge in [-0.3, -0.25) is 4.99 Å². The van der Waals surface area contributed by atoms with Gasteiger partial charge in [-0.25, -0.2) is 4.79 Å². The summed E-state index contributed by atoms with van der Waals surface area (Å²) in [6.07, 6.45) is 4.09. The van der Waals surface area contributed by atoms with Crippen molar-refractivity contribution < 1.29 is 9.53 Å². The Morgan fingerprint density at radius 1 is 1.12 bits per heavy atom. The van der Waals surface area contributed by atoms with Gasteiger partial charge in [-0.15, -0.1) is 0 Å². The maximum Gasteiger partial charge on any atom is 0.331 e. The number of esters is 1. The molecule has 1 aromatic heterocycles. The maximum absolute atomic E-state index is 12.5. The van der Waals surface area contributed by atoms with E-state index in [1.807, 2.05) is 30.5 Å². The van der Waals surface area contributed by atoms with Crippen LogP contribution in [-0.4, -0.2) is 28.8 Å². The zero-order valence-corrected chi connectivity index (χ0v) is 13.7. The predicted octanol–water partition coefficient (Wildman–Crippen LogP) is 3.44. The van der Waals surface area contributed by atoms with Crippen molar-refractivity contribution in [3.8, 4) is 0 Å². The summed E-state index contributed by atoms with van der Waals surface area (Å²) in [5.41, 5.74) is 5.54. The summed E-state index contributed by atoms with van der Waals surface area (Å²) in [5.74, 6) is -0.210. The second-order valence-corrected chi connectivity index (χ2v) is 6.72. The fourth-order valence-corrected chi connectivity index (χ4v) is 3.93. The summed E-state index contributed by atoms with van der Waals surface area (Å²) >= 11 is 0.